The Morgan fingerprint density at radius 2 is 2.23 bits per heavy atom. The fraction of sp³-hybridized carbons (Fsp3) is 0.375. The van der Waals surface area contributed by atoms with Gasteiger partial charge in [0.15, 0.2) is 0 Å². The number of aliphatic hydroxyl groups is 1. The maximum Gasteiger partial charge on any atom is 0.315 e. The van der Waals surface area contributed by atoms with E-state index in [1.807, 2.05) is 18.2 Å². The van der Waals surface area contributed by atoms with Crippen LogP contribution in [0.25, 0.3) is 0 Å². The van der Waals surface area contributed by atoms with E-state index in [1.54, 1.807) is 24.6 Å². The molecule has 0 unspecified atom stereocenters. The van der Waals surface area contributed by atoms with Crippen molar-refractivity contribution in [1.82, 2.24) is 15.6 Å². The Kier molecular flexibility index (Phi) is 4.39. The lowest BCUT2D eigenvalue weighted by molar-refractivity contribution is 0.0252. The molecule has 1 aliphatic rings. The molecule has 1 saturated carbocycles. The Bertz CT molecular complexity index is 594. The minimum absolute atomic E-state index is 0.193. The number of hydrogen-bond acceptors (Lipinski definition) is 4. The number of nitrogens with zero attached hydrogens (tertiary/aromatic N) is 1. The SMILES string of the molecule is O=C(NCc1ccco1)N[C@H](c1ccccn1)C1CC(O)C1. The number of carbonyl (C=O) groups is 1. The number of pyridine rings is 1. The minimum atomic E-state index is -0.274. The maximum atomic E-state index is 12.1. The van der Waals surface area contributed by atoms with Gasteiger partial charge < -0.3 is 20.2 Å². The van der Waals surface area contributed by atoms with Gasteiger partial charge in [0.1, 0.15) is 5.76 Å². The van der Waals surface area contributed by atoms with Crippen molar-refractivity contribution in [1.29, 1.82) is 0 Å². The third-order valence-corrected chi connectivity index (χ3v) is 3.92. The van der Waals surface area contributed by atoms with Crippen LogP contribution in [0, 0.1) is 5.92 Å². The largest absolute Gasteiger partial charge is 0.467 e. The van der Waals surface area contributed by atoms with Crippen LogP contribution in [0.15, 0.2) is 47.2 Å². The lowest BCUT2D eigenvalue weighted by Crippen LogP contribution is -2.45. The highest BCUT2D eigenvalue weighted by atomic mass is 16.3. The molecule has 2 aromatic rings. The van der Waals surface area contributed by atoms with Crippen molar-refractivity contribution in [3.8, 4) is 0 Å². The average molecular weight is 301 g/mol. The van der Waals surface area contributed by atoms with E-state index in [2.05, 4.69) is 15.6 Å². The van der Waals surface area contributed by atoms with Gasteiger partial charge in [-0.25, -0.2) is 4.79 Å². The van der Waals surface area contributed by atoms with Gasteiger partial charge in [0, 0.05) is 6.20 Å². The van der Waals surface area contributed by atoms with Gasteiger partial charge in [0.2, 0.25) is 0 Å². The van der Waals surface area contributed by atoms with Gasteiger partial charge in [-0.3, -0.25) is 4.98 Å². The number of furan rings is 1. The van der Waals surface area contributed by atoms with Gasteiger partial charge in [0.05, 0.1) is 30.6 Å². The normalized spacial score (nSPS) is 21.7. The van der Waals surface area contributed by atoms with Gasteiger partial charge in [-0.2, -0.15) is 0 Å². The Hall–Kier alpha value is -2.34. The van der Waals surface area contributed by atoms with Crippen LogP contribution in [0.2, 0.25) is 0 Å². The standard InChI is InChI=1S/C16H19N3O3/c20-12-8-11(9-12)15(14-5-1-2-6-17-14)19-16(21)18-10-13-4-3-7-22-13/h1-7,11-12,15,20H,8-10H2,(H2,18,19,21)/t11?,12?,15-/m0/s1. The van der Waals surface area contributed by atoms with Crippen LogP contribution in [0.3, 0.4) is 0 Å². The summed E-state index contributed by atoms with van der Waals surface area (Å²) in [7, 11) is 0. The predicted molar refractivity (Wildman–Crippen MR) is 79.8 cm³/mol. The van der Waals surface area contributed by atoms with Crippen molar-refractivity contribution in [2.75, 3.05) is 0 Å². The second-order valence-electron chi connectivity index (χ2n) is 5.52. The first-order valence-electron chi connectivity index (χ1n) is 7.38. The number of aliphatic hydroxyl groups excluding tert-OH is 1. The fourth-order valence-electron chi connectivity index (χ4n) is 2.67. The summed E-state index contributed by atoms with van der Waals surface area (Å²) in [6, 6.07) is 8.75. The van der Waals surface area contributed by atoms with Crippen molar-refractivity contribution in [3.63, 3.8) is 0 Å². The number of urea groups is 1. The Labute approximate surface area is 128 Å². The summed E-state index contributed by atoms with van der Waals surface area (Å²) in [5.41, 5.74) is 0.813. The van der Waals surface area contributed by atoms with Crippen LogP contribution in [-0.2, 0) is 6.54 Å². The summed E-state index contributed by atoms with van der Waals surface area (Å²) in [5, 5.41) is 15.2. The molecule has 0 aliphatic heterocycles. The zero-order valence-electron chi connectivity index (χ0n) is 12.1. The maximum absolute atomic E-state index is 12.1. The molecule has 6 nitrogen and oxygen atoms in total. The molecule has 2 aromatic heterocycles. The lowest BCUT2D eigenvalue weighted by Gasteiger charge is -2.37. The minimum Gasteiger partial charge on any atom is -0.467 e. The van der Waals surface area contributed by atoms with Gasteiger partial charge in [0.25, 0.3) is 0 Å². The summed E-state index contributed by atoms with van der Waals surface area (Å²) in [6.45, 7) is 0.334. The van der Waals surface area contributed by atoms with Gasteiger partial charge in [-0.15, -0.1) is 0 Å². The van der Waals surface area contributed by atoms with E-state index < -0.39 is 0 Å². The van der Waals surface area contributed by atoms with Crippen LogP contribution in [-0.4, -0.2) is 22.2 Å². The van der Waals surface area contributed by atoms with Gasteiger partial charge >= 0.3 is 6.03 Å². The quantitative estimate of drug-likeness (QED) is 0.788. The Morgan fingerprint density at radius 1 is 1.36 bits per heavy atom. The molecule has 0 saturated heterocycles. The second-order valence-corrected chi connectivity index (χ2v) is 5.52. The summed E-state index contributed by atoms with van der Waals surface area (Å²) in [6.07, 6.45) is 4.37. The first-order chi connectivity index (χ1) is 10.7. The van der Waals surface area contributed by atoms with Crippen LogP contribution in [0.4, 0.5) is 4.79 Å². The van der Waals surface area contributed by atoms with Crippen molar-refractivity contribution in [2.45, 2.75) is 31.5 Å². The van der Waals surface area contributed by atoms with E-state index in [-0.39, 0.29) is 24.1 Å². The number of amides is 2. The highest BCUT2D eigenvalue weighted by Crippen LogP contribution is 2.37. The second kappa shape index (κ2) is 6.62. The molecular weight excluding hydrogens is 282 g/mol. The Balaban J connectivity index is 1.61. The third-order valence-electron chi connectivity index (χ3n) is 3.92. The van der Waals surface area contributed by atoms with Crippen molar-refractivity contribution >= 4 is 6.03 Å². The highest BCUT2D eigenvalue weighted by Gasteiger charge is 2.36. The number of aromatic nitrogens is 1. The van der Waals surface area contributed by atoms with E-state index in [4.69, 9.17) is 4.42 Å². The van der Waals surface area contributed by atoms with E-state index in [0.29, 0.717) is 25.1 Å². The van der Waals surface area contributed by atoms with Gasteiger partial charge in [-0.1, -0.05) is 6.07 Å². The number of rotatable bonds is 5. The van der Waals surface area contributed by atoms with Crippen LogP contribution < -0.4 is 10.6 Å². The van der Waals surface area contributed by atoms with E-state index in [1.165, 1.54) is 0 Å². The zero-order valence-corrected chi connectivity index (χ0v) is 12.1. The lowest BCUT2D eigenvalue weighted by atomic mass is 9.76. The molecule has 1 fully saturated rings. The molecule has 0 spiro atoms. The van der Waals surface area contributed by atoms with Crippen LogP contribution >= 0.6 is 0 Å². The number of hydrogen-bond donors (Lipinski definition) is 3. The smallest absolute Gasteiger partial charge is 0.315 e. The average Bonchev–Trinajstić information content (AvgIpc) is 3.02. The molecule has 2 heterocycles. The molecule has 0 radical (unpaired) electrons. The van der Waals surface area contributed by atoms with Crippen LogP contribution in [0.5, 0.6) is 0 Å². The summed E-state index contributed by atoms with van der Waals surface area (Å²) >= 11 is 0. The molecule has 116 valence electrons. The topological polar surface area (TPSA) is 87.4 Å². The van der Waals surface area contributed by atoms with E-state index in [0.717, 1.165) is 5.69 Å². The van der Waals surface area contributed by atoms with E-state index >= 15 is 0 Å². The zero-order chi connectivity index (χ0) is 15.4. The molecule has 1 aliphatic carbocycles. The molecule has 0 aromatic carbocycles. The summed E-state index contributed by atoms with van der Waals surface area (Å²) < 4.78 is 5.18. The molecule has 22 heavy (non-hydrogen) atoms. The molecule has 2 amide bonds. The van der Waals surface area contributed by atoms with Crippen molar-refractivity contribution in [3.05, 3.63) is 54.2 Å². The molecule has 3 rings (SSSR count). The van der Waals surface area contributed by atoms with E-state index in [9.17, 15) is 9.90 Å². The molecule has 3 N–H and O–H groups in total. The summed E-state index contributed by atoms with van der Waals surface area (Å²) in [4.78, 5) is 16.4. The van der Waals surface area contributed by atoms with Crippen LogP contribution in [0.1, 0.15) is 30.3 Å². The Morgan fingerprint density at radius 3 is 2.86 bits per heavy atom. The molecule has 0 bridgehead atoms. The molecular formula is C16H19N3O3. The first-order valence-corrected chi connectivity index (χ1v) is 7.38. The summed E-state index contributed by atoms with van der Waals surface area (Å²) in [5.74, 6) is 0.905. The number of carbonyl (C=O) groups excluding carboxylic acids is 1. The monoisotopic (exact) mass is 301 g/mol. The number of nitrogens with one attached hydrogen (secondary N) is 2. The fourth-order valence-corrected chi connectivity index (χ4v) is 2.67. The molecule has 6 heteroatoms. The van der Waals surface area contributed by atoms with Gasteiger partial charge in [-0.05, 0) is 43.0 Å². The highest BCUT2D eigenvalue weighted by molar-refractivity contribution is 5.74. The first kappa shape index (κ1) is 14.6. The molecule has 1 atom stereocenters. The van der Waals surface area contributed by atoms with Crippen molar-refractivity contribution in [2.24, 2.45) is 5.92 Å². The predicted octanol–water partition coefficient (Wildman–Crippen LogP) is 1.99. The third kappa shape index (κ3) is 3.46. The van der Waals surface area contributed by atoms with Crippen molar-refractivity contribution < 1.29 is 14.3 Å².